The van der Waals surface area contributed by atoms with E-state index in [2.05, 4.69) is 4.74 Å². The molecule has 0 spiro atoms. The zero-order valence-electron chi connectivity index (χ0n) is 13.6. The van der Waals surface area contributed by atoms with Gasteiger partial charge in [-0.15, -0.1) is 13.2 Å². The Kier molecular flexibility index (Phi) is 4.49. The summed E-state index contributed by atoms with van der Waals surface area (Å²) in [5.41, 5.74) is 0.785. The number of hydrogen-bond acceptors (Lipinski definition) is 4. The van der Waals surface area contributed by atoms with Crippen LogP contribution in [0.5, 0.6) is 5.75 Å². The normalized spacial score (nSPS) is 21.4. The van der Waals surface area contributed by atoms with Gasteiger partial charge in [-0.05, 0) is 36.6 Å². The molecule has 3 rings (SSSR count). The summed E-state index contributed by atoms with van der Waals surface area (Å²) in [6.45, 7) is 1.83. The summed E-state index contributed by atoms with van der Waals surface area (Å²) in [4.78, 5) is 28.4. The average Bonchev–Trinajstić information content (AvgIpc) is 3.07. The van der Waals surface area contributed by atoms with Crippen LogP contribution in [-0.4, -0.2) is 61.3 Å². The van der Waals surface area contributed by atoms with Crippen LogP contribution in [0.15, 0.2) is 24.3 Å². The fourth-order valence-corrected chi connectivity index (χ4v) is 3.18. The van der Waals surface area contributed by atoms with Gasteiger partial charge in [0.2, 0.25) is 5.91 Å². The summed E-state index contributed by atoms with van der Waals surface area (Å²) in [6, 6.07) is 5.42. The Morgan fingerprint density at radius 2 is 1.88 bits per heavy atom. The van der Waals surface area contributed by atoms with E-state index >= 15 is 0 Å². The monoisotopic (exact) mass is 357 g/mol. The van der Waals surface area contributed by atoms with E-state index in [0.29, 0.717) is 13.1 Å². The largest absolute Gasteiger partial charge is 0.573 e. The number of rotatable bonds is 4. The van der Waals surface area contributed by atoms with Gasteiger partial charge in [0, 0.05) is 32.4 Å². The van der Waals surface area contributed by atoms with Crippen molar-refractivity contribution in [2.75, 3.05) is 38.1 Å². The minimum Gasteiger partial charge on any atom is -0.406 e. The minimum atomic E-state index is -4.71. The number of alkyl halides is 3. The van der Waals surface area contributed by atoms with E-state index in [9.17, 15) is 22.8 Å². The van der Waals surface area contributed by atoms with Gasteiger partial charge in [0.1, 0.15) is 12.3 Å². The second-order valence-electron chi connectivity index (χ2n) is 6.29. The van der Waals surface area contributed by atoms with Gasteiger partial charge in [0.05, 0.1) is 0 Å². The van der Waals surface area contributed by atoms with Crippen LogP contribution in [0.4, 0.5) is 23.7 Å². The van der Waals surface area contributed by atoms with Crippen molar-refractivity contribution in [3.8, 4) is 5.75 Å². The van der Waals surface area contributed by atoms with Gasteiger partial charge in [-0.3, -0.25) is 9.69 Å². The first kappa shape index (κ1) is 17.4. The molecule has 25 heavy (non-hydrogen) atoms. The van der Waals surface area contributed by atoms with Gasteiger partial charge in [0.25, 0.3) is 0 Å². The molecule has 6 nitrogen and oxygen atoms in total. The smallest absolute Gasteiger partial charge is 0.406 e. The van der Waals surface area contributed by atoms with Crippen LogP contribution < -0.4 is 9.64 Å². The van der Waals surface area contributed by atoms with E-state index < -0.39 is 6.36 Å². The van der Waals surface area contributed by atoms with E-state index in [4.69, 9.17) is 0 Å². The fraction of sp³-hybridized carbons (Fsp3) is 0.500. The lowest BCUT2D eigenvalue weighted by molar-refractivity contribution is -0.274. The van der Waals surface area contributed by atoms with E-state index in [1.165, 1.54) is 21.9 Å². The first-order valence-corrected chi connectivity index (χ1v) is 7.89. The second kappa shape index (κ2) is 6.45. The van der Waals surface area contributed by atoms with Crippen LogP contribution in [0.1, 0.15) is 6.42 Å². The molecule has 0 radical (unpaired) electrons. The summed E-state index contributed by atoms with van der Waals surface area (Å²) >= 11 is 0. The Morgan fingerprint density at radius 1 is 1.20 bits per heavy atom. The molecule has 2 saturated heterocycles. The third kappa shape index (κ3) is 3.97. The third-order valence-electron chi connectivity index (χ3n) is 4.39. The van der Waals surface area contributed by atoms with Crippen molar-refractivity contribution in [3.05, 3.63) is 24.3 Å². The SMILES string of the molecule is CN1CC(=O)N(CC2CCN(c3ccc(OC(F)(F)F)cc3)C2)C1=O. The maximum absolute atomic E-state index is 12.2. The first-order chi connectivity index (χ1) is 11.7. The molecule has 2 fully saturated rings. The number of likely N-dealkylation sites (N-methyl/N-ethyl adjacent to an activating group) is 1. The maximum Gasteiger partial charge on any atom is 0.573 e. The zero-order chi connectivity index (χ0) is 18.2. The highest BCUT2D eigenvalue weighted by molar-refractivity contribution is 6.01. The number of halogens is 3. The molecule has 1 aromatic rings. The number of benzene rings is 1. The maximum atomic E-state index is 12.2. The van der Waals surface area contributed by atoms with Gasteiger partial charge in [-0.25, -0.2) is 4.79 Å². The van der Waals surface area contributed by atoms with Gasteiger partial charge >= 0.3 is 12.4 Å². The molecule has 0 N–H and O–H groups in total. The zero-order valence-corrected chi connectivity index (χ0v) is 13.6. The summed E-state index contributed by atoms with van der Waals surface area (Å²) < 4.78 is 40.4. The molecule has 0 saturated carbocycles. The van der Waals surface area contributed by atoms with Gasteiger partial charge in [0.15, 0.2) is 0 Å². The highest BCUT2D eigenvalue weighted by Crippen LogP contribution is 2.29. The Bertz CT molecular complexity index is 663. The average molecular weight is 357 g/mol. The van der Waals surface area contributed by atoms with Crippen molar-refractivity contribution >= 4 is 17.6 Å². The number of carbonyl (C=O) groups excluding carboxylic acids is 2. The van der Waals surface area contributed by atoms with Crippen LogP contribution in [0.3, 0.4) is 0 Å². The van der Waals surface area contributed by atoms with E-state index in [-0.39, 0.29) is 30.2 Å². The van der Waals surface area contributed by atoms with Gasteiger partial charge in [-0.2, -0.15) is 0 Å². The Labute approximate surface area is 142 Å². The van der Waals surface area contributed by atoms with Crippen LogP contribution in [0.25, 0.3) is 0 Å². The number of ether oxygens (including phenoxy) is 1. The Morgan fingerprint density at radius 3 is 2.44 bits per heavy atom. The molecular formula is C16H18F3N3O3. The Balaban J connectivity index is 1.58. The molecule has 2 aliphatic heterocycles. The summed E-state index contributed by atoms with van der Waals surface area (Å²) in [6.07, 6.45) is -3.90. The van der Waals surface area contributed by atoms with Crippen molar-refractivity contribution in [1.29, 1.82) is 0 Å². The summed E-state index contributed by atoms with van der Waals surface area (Å²) in [5, 5.41) is 0. The fourth-order valence-electron chi connectivity index (χ4n) is 3.18. The first-order valence-electron chi connectivity index (χ1n) is 7.89. The van der Waals surface area contributed by atoms with E-state index in [0.717, 1.165) is 18.7 Å². The van der Waals surface area contributed by atoms with Gasteiger partial charge < -0.3 is 14.5 Å². The summed E-state index contributed by atoms with van der Waals surface area (Å²) in [7, 11) is 1.59. The number of hydrogen-bond donors (Lipinski definition) is 0. The van der Waals surface area contributed by atoms with E-state index in [1.54, 1.807) is 19.2 Å². The highest BCUT2D eigenvalue weighted by Gasteiger charge is 2.36. The lowest BCUT2D eigenvalue weighted by atomic mass is 10.1. The molecule has 2 aliphatic rings. The number of nitrogens with zero attached hydrogens (tertiary/aromatic N) is 3. The standard InChI is InChI=1S/C16H18F3N3O3/c1-20-10-14(23)22(15(20)24)9-11-6-7-21(8-11)12-2-4-13(5-3-12)25-16(17,18)19/h2-5,11H,6-10H2,1H3. The number of anilines is 1. The van der Waals surface area contributed by atoms with Gasteiger partial charge in [-0.1, -0.05) is 0 Å². The number of amides is 3. The molecule has 0 aliphatic carbocycles. The second-order valence-corrected chi connectivity index (χ2v) is 6.29. The molecule has 136 valence electrons. The topological polar surface area (TPSA) is 53.1 Å². The van der Waals surface area contributed by atoms with Crippen molar-refractivity contribution in [3.63, 3.8) is 0 Å². The summed E-state index contributed by atoms with van der Waals surface area (Å²) in [5.74, 6) is -0.312. The van der Waals surface area contributed by atoms with Crippen LogP contribution in [0, 0.1) is 5.92 Å². The molecular weight excluding hydrogens is 339 g/mol. The minimum absolute atomic E-state index is 0.107. The van der Waals surface area contributed by atoms with Crippen molar-refractivity contribution in [2.45, 2.75) is 12.8 Å². The highest BCUT2D eigenvalue weighted by atomic mass is 19.4. The quantitative estimate of drug-likeness (QED) is 0.776. The third-order valence-corrected chi connectivity index (χ3v) is 4.39. The lowest BCUT2D eigenvalue weighted by Crippen LogP contribution is -2.36. The van der Waals surface area contributed by atoms with Crippen molar-refractivity contribution in [1.82, 2.24) is 9.80 Å². The number of carbonyl (C=O) groups is 2. The molecule has 1 atom stereocenters. The molecule has 0 bridgehead atoms. The molecule has 2 heterocycles. The van der Waals surface area contributed by atoms with Crippen LogP contribution in [-0.2, 0) is 4.79 Å². The molecule has 9 heteroatoms. The van der Waals surface area contributed by atoms with Crippen molar-refractivity contribution in [2.24, 2.45) is 5.92 Å². The van der Waals surface area contributed by atoms with Crippen LogP contribution in [0.2, 0.25) is 0 Å². The molecule has 1 aromatic carbocycles. The molecule has 3 amide bonds. The Hall–Kier alpha value is -2.45. The molecule has 1 unspecified atom stereocenters. The predicted octanol–water partition coefficient (Wildman–Crippen LogP) is 2.31. The van der Waals surface area contributed by atoms with Crippen LogP contribution >= 0.6 is 0 Å². The number of imide groups is 1. The predicted molar refractivity (Wildman–Crippen MR) is 83.2 cm³/mol. The number of urea groups is 1. The van der Waals surface area contributed by atoms with Crippen molar-refractivity contribution < 1.29 is 27.5 Å². The lowest BCUT2D eigenvalue weighted by Gasteiger charge is -2.21. The van der Waals surface area contributed by atoms with E-state index in [1.807, 2.05) is 4.90 Å². The molecule has 0 aromatic heterocycles.